The predicted octanol–water partition coefficient (Wildman–Crippen LogP) is 2.14. The first kappa shape index (κ1) is 11.5. The molecule has 0 spiro atoms. The molecule has 2 heterocycles. The lowest BCUT2D eigenvalue weighted by Gasteiger charge is -2.20. The second-order valence-electron chi connectivity index (χ2n) is 4.86. The van der Waals surface area contributed by atoms with E-state index in [1.54, 1.807) is 0 Å². The molecule has 0 amide bonds. The van der Waals surface area contributed by atoms with Crippen molar-refractivity contribution in [2.75, 3.05) is 6.54 Å². The van der Waals surface area contributed by atoms with Crippen LogP contribution in [-0.4, -0.2) is 16.3 Å². The average Bonchev–Trinajstić information content (AvgIpc) is 2.87. The zero-order chi connectivity index (χ0) is 12.4. The van der Waals surface area contributed by atoms with Crippen molar-refractivity contribution in [3.05, 3.63) is 52.8 Å². The van der Waals surface area contributed by atoms with Gasteiger partial charge in [-0.25, -0.2) is 0 Å². The lowest BCUT2D eigenvalue weighted by Crippen LogP contribution is -2.24. The molecule has 2 aromatic rings. The Morgan fingerprint density at radius 3 is 3.17 bits per heavy atom. The largest absolute Gasteiger partial charge is 0.312 e. The summed E-state index contributed by atoms with van der Waals surface area (Å²) in [7, 11) is 0. The van der Waals surface area contributed by atoms with Crippen LogP contribution < -0.4 is 5.32 Å². The molecule has 0 fully saturated rings. The molecule has 3 heteroatoms. The van der Waals surface area contributed by atoms with Crippen LogP contribution in [0.1, 0.15) is 29.2 Å². The molecule has 1 aromatic heterocycles. The predicted molar refractivity (Wildman–Crippen MR) is 72.6 cm³/mol. The molecule has 1 aromatic carbocycles. The summed E-state index contributed by atoms with van der Waals surface area (Å²) in [6, 6.07) is 6.69. The van der Waals surface area contributed by atoms with E-state index in [0.717, 1.165) is 32.5 Å². The van der Waals surface area contributed by atoms with E-state index in [4.69, 9.17) is 0 Å². The Balaban J connectivity index is 1.88. The van der Waals surface area contributed by atoms with E-state index < -0.39 is 0 Å². The lowest BCUT2D eigenvalue weighted by molar-refractivity contribution is 0.638. The van der Waals surface area contributed by atoms with Gasteiger partial charge in [-0.2, -0.15) is 5.10 Å². The summed E-state index contributed by atoms with van der Waals surface area (Å²) in [4.78, 5) is 0. The van der Waals surface area contributed by atoms with Gasteiger partial charge in [0.15, 0.2) is 0 Å². The molecule has 0 aliphatic carbocycles. The molecule has 94 valence electrons. The highest BCUT2D eigenvalue weighted by molar-refractivity contribution is 5.39. The fourth-order valence-electron chi connectivity index (χ4n) is 2.64. The van der Waals surface area contributed by atoms with Crippen LogP contribution >= 0.6 is 0 Å². The molecule has 18 heavy (non-hydrogen) atoms. The first-order chi connectivity index (χ1) is 8.86. The fraction of sp³-hybridized carbons (Fsp3) is 0.400. The lowest BCUT2D eigenvalue weighted by atomic mass is 9.93. The minimum Gasteiger partial charge on any atom is -0.312 e. The molecule has 0 saturated heterocycles. The van der Waals surface area contributed by atoms with Gasteiger partial charge in [0.05, 0.1) is 6.20 Å². The van der Waals surface area contributed by atoms with Gasteiger partial charge in [-0.15, -0.1) is 0 Å². The molecule has 0 unspecified atom stereocenters. The van der Waals surface area contributed by atoms with Gasteiger partial charge < -0.3 is 5.32 Å². The monoisotopic (exact) mass is 241 g/mol. The van der Waals surface area contributed by atoms with Gasteiger partial charge in [0.25, 0.3) is 0 Å². The van der Waals surface area contributed by atoms with E-state index in [1.807, 2.05) is 10.9 Å². The number of aromatic nitrogens is 2. The number of fused-ring (bicyclic) bond motifs is 1. The molecule has 0 bridgehead atoms. The van der Waals surface area contributed by atoms with Gasteiger partial charge in [0, 0.05) is 25.7 Å². The third-order valence-electron chi connectivity index (χ3n) is 3.65. The van der Waals surface area contributed by atoms with Gasteiger partial charge in [-0.3, -0.25) is 4.68 Å². The van der Waals surface area contributed by atoms with Crippen LogP contribution in [0.5, 0.6) is 0 Å². The molecule has 3 nitrogen and oxygen atoms in total. The molecule has 0 saturated carbocycles. The van der Waals surface area contributed by atoms with Crippen LogP contribution in [0.15, 0.2) is 30.6 Å². The highest BCUT2D eigenvalue weighted by Crippen LogP contribution is 2.21. The third kappa shape index (κ3) is 2.18. The van der Waals surface area contributed by atoms with Crippen LogP contribution in [0.25, 0.3) is 0 Å². The van der Waals surface area contributed by atoms with Crippen molar-refractivity contribution in [3.8, 4) is 0 Å². The fourth-order valence-corrected chi connectivity index (χ4v) is 2.64. The number of aryl methyl sites for hydroxylation is 1. The summed E-state index contributed by atoms with van der Waals surface area (Å²) in [5, 5.41) is 7.81. The molecule has 1 aliphatic heterocycles. The molecule has 0 radical (unpaired) electrons. The number of hydrogen-bond acceptors (Lipinski definition) is 2. The smallest absolute Gasteiger partial charge is 0.0525 e. The van der Waals surface area contributed by atoms with Crippen molar-refractivity contribution in [1.29, 1.82) is 0 Å². The molecule has 1 N–H and O–H groups in total. The zero-order valence-electron chi connectivity index (χ0n) is 10.8. The van der Waals surface area contributed by atoms with Crippen LogP contribution in [0, 0.1) is 0 Å². The van der Waals surface area contributed by atoms with Crippen molar-refractivity contribution >= 4 is 0 Å². The van der Waals surface area contributed by atoms with Crippen LogP contribution in [0.2, 0.25) is 0 Å². The summed E-state index contributed by atoms with van der Waals surface area (Å²) in [6.07, 6.45) is 6.27. The van der Waals surface area contributed by atoms with Crippen molar-refractivity contribution in [2.24, 2.45) is 0 Å². The van der Waals surface area contributed by atoms with E-state index in [1.165, 1.54) is 22.3 Å². The Labute approximate surface area is 108 Å². The highest BCUT2D eigenvalue weighted by atomic mass is 15.3. The molecular weight excluding hydrogens is 222 g/mol. The first-order valence-electron chi connectivity index (χ1n) is 6.68. The zero-order valence-corrected chi connectivity index (χ0v) is 10.8. The van der Waals surface area contributed by atoms with Crippen LogP contribution in [0.3, 0.4) is 0 Å². The number of benzene rings is 1. The van der Waals surface area contributed by atoms with Gasteiger partial charge in [0.1, 0.15) is 0 Å². The van der Waals surface area contributed by atoms with Gasteiger partial charge in [0.2, 0.25) is 0 Å². The minimum atomic E-state index is 0.939. The Morgan fingerprint density at radius 2 is 2.33 bits per heavy atom. The summed E-state index contributed by atoms with van der Waals surface area (Å²) < 4.78 is 1.99. The number of nitrogens with one attached hydrogen (secondary N) is 1. The Hall–Kier alpha value is -1.61. The first-order valence-corrected chi connectivity index (χ1v) is 6.68. The van der Waals surface area contributed by atoms with E-state index >= 15 is 0 Å². The van der Waals surface area contributed by atoms with E-state index in [0.29, 0.717) is 0 Å². The second kappa shape index (κ2) is 4.94. The number of nitrogens with zero attached hydrogens (tertiary/aromatic N) is 2. The highest BCUT2D eigenvalue weighted by Gasteiger charge is 2.12. The summed E-state index contributed by atoms with van der Waals surface area (Å²) >= 11 is 0. The number of rotatable bonds is 3. The third-order valence-corrected chi connectivity index (χ3v) is 3.65. The maximum Gasteiger partial charge on any atom is 0.0525 e. The summed E-state index contributed by atoms with van der Waals surface area (Å²) in [6.45, 7) is 5.16. The maximum atomic E-state index is 4.34. The Bertz CT molecular complexity index is 542. The molecule has 0 atom stereocenters. The topological polar surface area (TPSA) is 29.9 Å². The SMILES string of the molecule is CCn1cc(Cc2cccc3c2CNCC3)cn1. The van der Waals surface area contributed by atoms with Crippen LogP contribution in [0.4, 0.5) is 0 Å². The molecular formula is C15H19N3. The van der Waals surface area contributed by atoms with Crippen molar-refractivity contribution < 1.29 is 0 Å². The van der Waals surface area contributed by atoms with Gasteiger partial charge >= 0.3 is 0 Å². The Kier molecular flexibility index (Phi) is 3.15. The van der Waals surface area contributed by atoms with E-state index in [2.05, 4.69) is 41.7 Å². The molecule has 3 rings (SSSR count). The van der Waals surface area contributed by atoms with Crippen molar-refractivity contribution in [1.82, 2.24) is 15.1 Å². The van der Waals surface area contributed by atoms with E-state index in [9.17, 15) is 0 Å². The molecule has 1 aliphatic rings. The second-order valence-corrected chi connectivity index (χ2v) is 4.86. The average molecular weight is 241 g/mol. The normalized spacial score (nSPS) is 14.5. The quantitative estimate of drug-likeness (QED) is 0.892. The minimum absolute atomic E-state index is 0.939. The summed E-state index contributed by atoms with van der Waals surface area (Å²) in [5.74, 6) is 0. The number of hydrogen-bond donors (Lipinski definition) is 1. The van der Waals surface area contributed by atoms with Crippen molar-refractivity contribution in [2.45, 2.75) is 32.9 Å². The van der Waals surface area contributed by atoms with E-state index in [-0.39, 0.29) is 0 Å². The summed E-state index contributed by atoms with van der Waals surface area (Å²) in [5.41, 5.74) is 5.74. The van der Waals surface area contributed by atoms with Gasteiger partial charge in [-0.1, -0.05) is 18.2 Å². The van der Waals surface area contributed by atoms with Crippen LogP contribution in [-0.2, 0) is 25.9 Å². The van der Waals surface area contributed by atoms with Gasteiger partial charge in [-0.05, 0) is 42.1 Å². The Morgan fingerprint density at radius 1 is 1.39 bits per heavy atom. The standard InChI is InChI=1S/C15H19N3/c1-2-18-11-12(9-17-18)8-14-5-3-4-13-6-7-16-10-15(13)14/h3-5,9,11,16H,2,6-8,10H2,1H3. The maximum absolute atomic E-state index is 4.34. The van der Waals surface area contributed by atoms with Crippen molar-refractivity contribution in [3.63, 3.8) is 0 Å².